The van der Waals surface area contributed by atoms with Crippen molar-refractivity contribution < 1.29 is 9.90 Å². The summed E-state index contributed by atoms with van der Waals surface area (Å²) >= 11 is 0. The highest BCUT2D eigenvalue weighted by atomic mass is 35.5. The molecule has 0 aliphatic carbocycles. The quantitative estimate of drug-likeness (QED) is 0.762. The number of rotatable bonds is 3. The monoisotopic (exact) mass is 207 g/mol. The molecule has 2 atom stereocenters. The summed E-state index contributed by atoms with van der Waals surface area (Å²) in [4.78, 5) is 13.0. The molecule has 1 heterocycles. The van der Waals surface area contributed by atoms with Crippen LogP contribution in [0.1, 0.15) is 20.3 Å². The van der Waals surface area contributed by atoms with E-state index in [0.717, 1.165) is 26.1 Å². The number of hydrogen-bond donors (Lipinski definition) is 1. The minimum atomic E-state index is -0.627. The summed E-state index contributed by atoms with van der Waals surface area (Å²) in [6.45, 7) is 6.82. The van der Waals surface area contributed by atoms with Gasteiger partial charge in [-0.3, -0.25) is 4.79 Å². The predicted molar refractivity (Wildman–Crippen MR) is 54.3 cm³/mol. The van der Waals surface area contributed by atoms with Crippen molar-refractivity contribution in [3.8, 4) is 0 Å². The van der Waals surface area contributed by atoms with Gasteiger partial charge in [-0.15, -0.1) is 12.4 Å². The molecule has 0 aromatic rings. The van der Waals surface area contributed by atoms with Gasteiger partial charge in [0.05, 0.1) is 5.92 Å². The van der Waals surface area contributed by atoms with Crippen molar-refractivity contribution in [3.63, 3.8) is 0 Å². The predicted octanol–water partition coefficient (Wildman–Crippen LogP) is 1.47. The fourth-order valence-electron chi connectivity index (χ4n) is 1.91. The van der Waals surface area contributed by atoms with Crippen LogP contribution in [0.25, 0.3) is 0 Å². The molecular weight excluding hydrogens is 190 g/mol. The highest BCUT2D eigenvalue weighted by Crippen LogP contribution is 2.25. The number of nitrogens with zero attached hydrogens (tertiary/aromatic N) is 1. The van der Waals surface area contributed by atoms with Crippen molar-refractivity contribution in [2.45, 2.75) is 20.3 Å². The van der Waals surface area contributed by atoms with Crippen LogP contribution in [0.3, 0.4) is 0 Å². The first-order chi connectivity index (χ1) is 5.69. The van der Waals surface area contributed by atoms with Gasteiger partial charge < -0.3 is 10.0 Å². The molecule has 13 heavy (non-hydrogen) atoms. The van der Waals surface area contributed by atoms with E-state index < -0.39 is 5.97 Å². The van der Waals surface area contributed by atoms with Gasteiger partial charge in [0, 0.05) is 13.1 Å². The Morgan fingerprint density at radius 1 is 1.46 bits per heavy atom. The minimum absolute atomic E-state index is 0. The maximum atomic E-state index is 10.8. The van der Waals surface area contributed by atoms with Gasteiger partial charge in [-0.25, -0.2) is 0 Å². The maximum Gasteiger partial charge on any atom is 0.308 e. The minimum Gasteiger partial charge on any atom is -0.481 e. The van der Waals surface area contributed by atoms with Gasteiger partial charge in [0.15, 0.2) is 0 Å². The van der Waals surface area contributed by atoms with E-state index in [0.29, 0.717) is 5.92 Å². The van der Waals surface area contributed by atoms with Crippen LogP contribution >= 0.6 is 12.4 Å². The average Bonchev–Trinajstić information content (AvgIpc) is 2.47. The van der Waals surface area contributed by atoms with E-state index in [9.17, 15) is 4.79 Å². The third-order valence-corrected chi connectivity index (χ3v) is 2.81. The van der Waals surface area contributed by atoms with Crippen LogP contribution < -0.4 is 0 Å². The molecular formula is C9H18ClNO2. The molecule has 3 nitrogen and oxygen atoms in total. The summed E-state index contributed by atoms with van der Waals surface area (Å²) in [6, 6.07) is 0. The molecule has 1 N–H and O–H groups in total. The van der Waals surface area contributed by atoms with Crippen LogP contribution in [-0.4, -0.2) is 35.6 Å². The van der Waals surface area contributed by atoms with Gasteiger partial charge in [0.25, 0.3) is 0 Å². The van der Waals surface area contributed by atoms with Crippen molar-refractivity contribution in [3.05, 3.63) is 0 Å². The Bertz CT molecular complexity index is 175. The fraction of sp³-hybridized carbons (Fsp3) is 0.889. The van der Waals surface area contributed by atoms with Crippen molar-refractivity contribution in [2.24, 2.45) is 11.8 Å². The highest BCUT2D eigenvalue weighted by molar-refractivity contribution is 5.85. The lowest BCUT2D eigenvalue weighted by molar-refractivity contribution is -0.142. The first-order valence-corrected chi connectivity index (χ1v) is 4.64. The summed E-state index contributed by atoms with van der Waals surface area (Å²) in [5.74, 6) is -0.393. The number of aliphatic carboxylic acids is 1. The van der Waals surface area contributed by atoms with Crippen LogP contribution in [0.4, 0.5) is 0 Å². The molecule has 1 aliphatic rings. The zero-order chi connectivity index (χ0) is 9.14. The second-order valence-electron chi connectivity index (χ2n) is 3.47. The van der Waals surface area contributed by atoms with Gasteiger partial charge >= 0.3 is 5.97 Å². The normalized spacial score (nSPS) is 28.5. The Morgan fingerprint density at radius 3 is 2.38 bits per heavy atom. The smallest absolute Gasteiger partial charge is 0.308 e. The van der Waals surface area contributed by atoms with E-state index in [1.165, 1.54) is 0 Å². The summed E-state index contributed by atoms with van der Waals surface area (Å²) in [7, 11) is 0. The van der Waals surface area contributed by atoms with E-state index in [4.69, 9.17) is 5.11 Å². The van der Waals surface area contributed by atoms with Crippen LogP contribution in [0.5, 0.6) is 0 Å². The lowest BCUT2D eigenvalue weighted by Crippen LogP contribution is -2.23. The van der Waals surface area contributed by atoms with Crippen molar-refractivity contribution in [1.29, 1.82) is 0 Å². The zero-order valence-electron chi connectivity index (χ0n) is 8.19. The third kappa shape index (κ3) is 2.85. The number of hydrogen-bond acceptors (Lipinski definition) is 2. The summed E-state index contributed by atoms with van der Waals surface area (Å²) in [6.07, 6.45) is 0.980. The molecule has 1 rings (SSSR count). The Labute approximate surface area is 85.5 Å². The zero-order valence-corrected chi connectivity index (χ0v) is 9.01. The molecule has 78 valence electrons. The second-order valence-corrected chi connectivity index (χ2v) is 3.47. The van der Waals surface area contributed by atoms with Crippen LogP contribution in [0, 0.1) is 11.8 Å². The standard InChI is InChI=1S/C9H17NO2.ClH/c1-3-7-5-10(4-2)6-8(7)9(11)12;/h7-8H,3-6H2,1-2H3,(H,11,12);1H/t7-,8-;/m0./s1. The Kier molecular flexibility index (Phi) is 5.33. The second kappa shape index (κ2) is 5.45. The van der Waals surface area contributed by atoms with Crippen molar-refractivity contribution in [2.75, 3.05) is 19.6 Å². The number of carboxylic acid groups (broad SMARTS) is 1. The Hall–Kier alpha value is -0.280. The van der Waals surface area contributed by atoms with Gasteiger partial charge in [0.2, 0.25) is 0 Å². The van der Waals surface area contributed by atoms with Crippen LogP contribution in [0.15, 0.2) is 0 Å². The topological polar surface area (TPSA) is 40.5 Å². The highest BCUT2D eigenvalue weighted by Gasteiger charge is 2.35. The molecule has 0 radical (unpaired) electrons. The van der Waals surface area contributed by atoms with E-state index in [-0.39, 0.29) is 18.3 Å². The Morgan fingerprint density at radius 2 is 2.08 bits per heavy atom. The molecule has 0 spiro atoms. The van der Waals surface area contributed by atoms with Gasteiger partial charge in [-0.05, 0) is 12.5 Å². The largest absolute Gasteiger partial charge is 0.481 e. The molecule has 0 bridgehead atoms. The summed E-state index contributed by atoms with van der Waals surface area (Å²) in [5, 5.41) is 8.90. The number of likely N-dealkylation sites (tertiary alicyclic amines) is 1. The van der Waals surface area contributed by atoms with E-state index in [2.05, 4.69) is 18.7 Å². The number of halogens is 1. The molecule has 1 saturated heterocycles. The summed E-state index contributed by atoms with van der Waals surface area (Å²) < 4.78 is 0. The molecule has 0 amide bonds. The lowest BCUT2D eigenvalue weighted by atomic mass is 9.94. The first-order valence-electron chi connectivity index (χ1n) is 4.64. The summed E-state index contributed by atoms with van der Waals surface area (Å²) in [5.41, 5.74) is 0. The number of carboxylic acids is 1. The molecule has 1 fully saturated rings. The lowest BCUT2D eigenvalue weighted by Gasteiger charge is -2.10. The number of carbonyl (C=O) groups is 1. The maximum absolute atomic E-state index is 10.8. The van der Waals surface area contributed by atoms with E-state index >= 15 is 0 Å². The molecule has 1 aliphatic heterocycles. The first kappa shape index (κ1) is 12.7. The fourth-order valence-corrected chi connectivity index (χ4v) is 1.91. The SMILES string of the molecule is CC[C@H]1CN(CC)C[C@@H]1C(=O)O.Cl. The average molecular weight is 208 g/mol. The van der Waals surface area contributed by atoms with Crippen LogP contribution in [0.2, 0.25) is 0 Å². The Balaban J connectivity index is 0.00000144. The van der Waals surface area contributed by atoms with Gasteiger partial charge in [0.1, 0.15) is 0 Å². The van der Waals surface area contributed by atoms with Crippen molar-refractivity contribution >= 4 is 18.4 Å². The molecule has 4 heteroatoms. The van der Waals surface area contributed by atoms with E-state index in [1.807, 2.05) is 0 Å². The third-order valence-electron chi connectivity index (χ3n) is 2.81. The molecule has 0 saturated carbocycles. The van der Waals surface area contributed by atoms with Gasteiger partial charge in [-0.1, -0.05) is 20.3 Å². The molecule has 0 aromatic carbocycles. The van der Waals surface area contributed by atoms with E-state index in [1.54, 1.807) is 0 Å². The van der Waals surface area contributed by atoms with Crippen LogP contribution in [-0.2, 0) is 4.79 Å². The van der Waals surface area contributed by atoms with Crippen molar-refractivity contribution in [1.82, 2.24) is 4.90 Å². The molecule has 0 unspecified atom stereocenters. The van der Waals surface area contributed by atoms with Gasteiger partial charge in [-0.2, -0.15) is 0 Å². The molecule has 0 aromatic heterocycles.